The van der Waals surface area contributed by atoms with Crippen molar-refractivity contribution in [3.05, 3.63) is 11.7 Å². The van der Waals surface area contributed by atoms with Gasteiger partial charge in [0.05, 0.1) is 12.5 Å². The van der Waals surface area contributed by atoms with E-state index in [0.717, 1.165) is 19.4 Å². The van der Waals surface area contributed by atoms with Gasteiger partial charge in [0.25, 0.3) is 0 Å². The normalized spacial score (nSPS) is 23.2. The van der Waals surface area contributed by atoms with Crippen LogP contribution in [0.15, 0.2) is 4.52 Å². The third-order valence-corrected chi connectivity index (χ3v) is 2.75. The molecule has 5 heteroatoms. The number of aromatic nitrogens is 2. The van der Waals surface area contributed by atoms with Crippen LogP contribution in [-0.4, -0.2) is 30.0 Å². The first kappa shape index (κ1) is 11.5. The molecule has 0 aromatic carbocycles. The van der Waals surface area contributed by atoms with Crippen LogP contribution in [0.1, 0.15) is 50.4 Å². The van der Waals surface area contributed by atoms with Gasteiger partial charge in [0.1, 0.15) is 6.10 Å². The second-order valence-electron chi connectivity index (χ2n) is 4.00. The number of ether oxygens (including phenoxy) is 2. The summed E-state index contributed by atoms with van der Waals surface area (Å²) in [5.74, 6) is 1.56. The molecule has 1 aliphatic heterocycles. The lowest BCUT2D eigenvalue weighted by molar-refractivity contribution is 0.0679. The average Bonchev–Trinajstić information content (AvgIpc) is 2.80. The van der Waals surface area contributed by atoms with E-state index in [-0.39, 0.29) is 12.0 Å². The van der Waals surface area contributed by atoms with Crippen LogP contribution < -0.4 is 0 Å². The molecule has 1 aromatic rings. The molecule has 0 amide bonds. The van der Waals surface area contributed by atoms with Crippen LogP contribution in [0.3, 0.4) is 0 Å². The van der Waals surface area contributed by atoms with Crippen molar-refractivity contribution in [3.63, 3.8) is 0 Å². The Bertz CT molecular complexity index is 321. The number of hydrogen-bond donors (Lipinski definition) is 0. The van der Waals surface area contributed by atoms with Crippen LogP contribution in [0.25, 0.3) is 0 Å². The van der Waals surface area contributed by atoms with Gasteiger partial charge < -0.3 is 14.0 Å². The molecule has 0 saturated carbocycles. The number of hydrogen-bond acceptors (Lipinski definition) is 5. The highest BCUT2D eigenvalue weighted by Crippen LogP contribution is 2.25. The molecule has 0 spiro atoms. The topological polar surface area (TPSA) is 57.4 Å². The first-order chi connectivity index (χ1) is 7.81. The SMILES string of the molecule is CCO[C@H](C)c1noc([C@H]2CCCOC2)n1. The summed E-state index contributed by atoms with van der Waals surface area (Å²) >= 11 is 0. The van der Waals surface area contributed by atoms with Crippen molar-refractivity contribution in [1.29, 1.82) is 0 Å². The molecule has 0 unspecified atom stereocenters. The van der Waals surface area contributed by atoms with Gasteiger partial charge in [-0.1, -0.05) is 5.16 Å². The fourth-order valence-electron chi connectivity index (χ4n) is 1.84. The van der Waals surface area contributed by atoms with Gasteiger partial charge in [-0.05, 0) is 26.7 Å². The maximum absolute atomic E-state index is 5.41. The molecule has 1 aromatic heterocycles. The minimum atomic E-state index is -0.105. The number of rotatable bonds is 4. The maximum atomic E-state index is 5.41. The minimum absolute atomic E-state index is 0.105. The largest absolute Gasteiger partial charge is 0.381 e. The molecule has 0 aliphatic carbocycles. The third kappa shape index (κ3) is 2.59. The summed E-state index contributed by atoms with van der Waals surface area (Å²) in [5, 5.41) is 3.94. The highest BCUT2D eigenvalue weighted by molar-refractivity contribution is 4.97. The molecule has 1 aliphatic rings. The van der Waals surface area contributed by atoms with E-state index in [2.05, 4.69) is 10.1 Å². The highest BCUT2D eigenvalue weighted by atomic mass is 16.5. The lowest BCUT2D eigenvalue weighted by Crippen LogP contribution is -2.15. The minimum Gasteiger partial charge on any atom is -0.381 e. The van der Waals surface area contributed by atoms with Gasteiger partial charge in [-0.3, -0.25) is 0 Å². The molecule has 16 heavy (non-hydrogen) atoms. The van der Waals surface area contributed by atoms with E-state index in [1.165, 1.54) is 0 Å². The van der Waals surface area contributed by atoms with Gasteiger partial charge in [-0.25, -0.2) is 0 Å². The van der Waals surface area contributed by atoms with Gasteiger partial charge >= 0.3 is 0 Å². The molecule has 1 saturated heterocycles. The summed E-state index contributed by atoms with van der Waals surface area (Å²) in [6.45, 7) is 6.05. The summed E-state index contributed by atoms with van der Waals surface area (Å²) < 4.78 is 16.1. The van der Waals surface area contributed by atoms with Crippen molar-refractivity contribution in [2.75, 3.05) is 19.8 Å². The smallest absolute Gasteiger partial charge is 0.232 e. The summed E-state index contributed by atoms with van der Waals surface area (Å²) in [6, 6.07) is 0. The van der Waals surface area contributed by atoms with E-state index >= 15 is 0 Å². The summed E-state index contributed by atoms with van der Waals surface area (Å²) in [6.07, 6.45) is 2.01. The van der Waals surface area contributed by atoms with E-state index in [1.807, 2.05) is 13.8 Å². The molecule has 2 heterocycles. The molecule has 5 nitrogen and oxygen atoms in total. The fraction of sp³-hybridized carbons (Fsp3) is 0.818. The van der Waals surface area contributed by atoms with E-state index in [9.17, 15) is 0 Å². The van der Waals surface area contributed by atoms with Crippen LogP contribution in [0.2, 0.25) is 0 Å². The van der Waals surface area contributed by atoms with Gasteiger partial charge in [-0.15, -0.1) is 0 Å². The van der Waals surface area contributed by atoms with E-state index in [1.54, 1.807) is 0 Å². The van der Waals surface area contributed by atoms with Crippen LogP contribution >= 0.6 is 0 Å². The molecule has 2 rings (SSSR count). The second kappa shape index (κ2) is 5.41. The highest BCUT2D eigenvalue weighted by Gasteiger charge is 2.23. The first-order valence-electron chi connectivity index (χ1n) is 5.84. The lowest BCUT2D eigenvalue weighted by Gasteiger charge is -2.18. The van der Waals surface area contributed by atoms with Crippen molar-refractivity contribution in [1.82, 2.24) is 10.1 Å². The Morgan fingerprint density at radius 3 is 3.12 bits per heavy atom. The van der Waals surface area contributed by atoms with E-state index in [0.29, 0.717) is 24.9 Å². The zero-order valence-electron chi connectivity index (χ0n) is 9.81. The summed E-state index contributed by atoms with van der Waals surface area (Å²) in [5.41, 5.74) is 0. The molecule has 0 N–H and O–H groups in total. The van der Waals surface area contributed by atoms with Gasteiger partial charge in [-0.2, -0.15) is 4.98 Å². The lowest BCUT2D eigenvalue weighted by atomic mass is 10.0. The average molecular weight is 226 g/mol. The molecule has 0 radical (unpaired) electrons. The van der Waals surface area contributed by atoms with Crippen molar-refractivity contribution in [3.8, 4) is 0 Å². The van der Waals surface area contributed by atoms with Crippen molar-refractivity contribution >= 4 is 0 Å². The zero-order valence-corrected chi connectivity index (χ0v) is 9.81. The molecular weight excluding hydrogens is 208 g/mol. The molecule has 0 bridgehead atoms. The Kier molecular flexibility index (Phi) is 3.90. The van der Waals surface area contributed by atoms with Crippen LogP contribution in [0.5, 0.6) is 0 Å². The zero-order chi connectivity index (χ0) is 11.4. The fourth-order valence-corrected chi connectivity index (χ4v) is 1.84. The van der Waals surface area contributed by atoms with E-state index in [4.69, 9.17) is 14.0 Å². The van der Waals surface area contributed by atoms with Crippen LogP contribution in [-0.2, 0) is 9.47 Å². The Morgan fingerprint density at radius 2 is 2.44 bits per heavy atom. The van der Waals surface area contributed by atoms with Gasteiger partial charge in [0.15, 0.2) is 5.82 Å². The monoisotopic (exact) mass is 226 g/mol. The molecular formula is C11H18N2O3. The first-order valence-corrected chi connectivity index (χ1v) is 5.84. The van der Waals surface area contributed by atoms with Crippen molar-refractivity contribution < 1.29 is 14.0 Å². The Hall–Kier alpha value is -0.940. The Balaban J connectivity index is 2.00. The second-order valence-corrected chi connectivity index (χ2v) is 4.00. The van der Waals surface area contributed by atoms with Crippen molar-refractivity contribution in [2.24, 2.45) is 0 Å². The van der Waals surface area contributed by atoms with Crippen molar-refractivity contribution in [2.45, 2.75) is 38.7 Å². The predicted molar refractivity (Wildman–Crippen MR) is 57.1 cm³/mol. The number of nitrogens with zero attached hydrogens (tertiary/aromatic N) is 2. The Morgan fingerprint density at radius 1 is 1.56 bits per heavy atom. The molecule has 90 valence electrons. The maximum Gasteiger partial charge on any atom is 0.232 e. The third-order valence-electron chi connectivity index (χ3n) is 2.75. The summed E-state index contributed by atoms with van der Waals surface area (Å²) in [7, 11) is 0. The summed E-state index contributed by atoms with van der Waals surface area (Å²) in [4.78, 5) is 4.37. The van der Waals surface area contributed by atoms with Crippen LogP contribution in [0, 0.1) is 0 Å². The Labute approximate surface area is 95.1 Å². The van der Waals surface area contributed by atoms with E-state index < -0.39 is 0 Å². The quantitative estimate of drug-likeness (QED) is 0.786. The molecule has 2 atom stereocenters. The van der Waals surface area contributed by atoms with Gasteiger partial charge in [0, 0.05) is 13.2 Å². The standard InChI is InChI=1S/C11H18N2O3/c1-3-15-8(2)10-12-11(16-13-10)9-5-4-6-14-7-9/h8-9H,3-7H2,1-2H3/t8-,9+/m1/s1. The van der Waals surface area contributed by atoms with Gasteiger partial charge in [0.2, 0.25) is 5.89 Å². The van der Waals surface area contributed by atoms with Crippen LogP contribution in [0.4, 0.5) is 0 Å². The predicted octanol–water partition coefficient (Wildman–Crippen LogP) is 2.06. The molecule has 1 fully saturated rings.